The van der Waals surface area contributed by atoms with Gasteiger partial charge in [0, 0.05) is 23.0 Å². The van der Waals surface area contributed by atoms with Crippen molar-refractivity contribution in [2.24, 2.45) is 0 Å². The average molecular weight is 389 g/mol. The monoisotopic (exact) mass is 389 g/mol. The summed E-state index contributed by atoms with van der Waals surface area (Å²) in [6.07, 6.45) is 1.72. The van der Waals surface area contributed by atoms with Crippen LogP contribution in [0, 0.1) is 10.5 Å². The molecule has 0 aliphatic heterocycles. The Morgan fingerprint density at radius 3 is 2.48 bits per heavy atom. The Morgan fingerprint density at radius 1 is 1.05 bits per heavy atom. The highest BCUT2D eigenvalue weighted by Crippen LogP contribution is 2.23. The Kier molecular flexibility index (Phi) is 3.83. The van der Waals surface area contributed by atoms with Gasteiger partial charge in [-0.3, -0.25) is 9.78 Å². The molecule has 0 aliphatic carbocycles. The number of aryl methyl sites for hydroxylation is 1. The zero-order valence-electron chi connectivity index (χ0n) is 11.3. The third-order valence-electron chi connectivity index (χ3n) is 3.09. The van der Waals surface area contributed by atoms with Gasteiger partial charge in [0.15, 0.2) is 0 Å². The van der Waals surface area contributed by atoms with Crippen LogP contribution in [0.2, 0.25) is 0 Å². The number of H-pyrrole nitrogens is 1. The molecule has 1 aromatic carbocycles. The minimum Gasteiger partial charge on any atom is -0.306 e. The van der Waals surface area contributed by atoms with Crippen molar-refractivity contribution < 1.29 is 0 Å². The molecule has 0 bridgehead atoms. The van der Waals surface area contributed by atoms with E-state index >= 15 is 0 Å². The van der Waals surface area contributed by atoms with Crippen LogP contribution < -0.4 is 5.56 Å². The van der Waals surface area contributed by atoms with Crippen LogP contribution in [-0.4, -0.2) is 15.0 Å². The molecular formula is C16H12IN3O. The first kappa shape index (κ1) is 13.9. The predicted octanol–water partition coefficient (Wildman–Crippen LogP) is 3.41. The van der Waals surface area contributed by atoms with E-state index in [1.807, 2.05) is 72.0 Å². The Morgan fingerprint density at radius 2 is 1.81 bits per heavy atom. The van der Waals surface area contributed by atoms with E-state index in [0.717, 1.165) is 16.8 Å². The summed E-state index contributed by atoms with van der Waals surface area (Å²) >= 11 is 2.03. The second kappa shape index (κ2) is 5.77. The second-order valence-corrected chi connectivity index (χ2v) is 5.71. The van der Waals surface area contributed by atoms with Crippen LogP contribution in [0.15, 0.2) is 53.5 Å². The summed E-state index contributed by atoms with van der Waals surface area (Å²) in [7, 11) is 0. The van der Waals surface area contributed by atoms with Gasteiger partial charge in [0.2, 0.25) is 0 Å². The number of rotatable bonds is 2. The number of aromatic nitrogens is 3. The maximum absolute atomic E-state index is 12.2. The molecule has 3 aromatic rings. The van der Waals surface area contributed by atoms with Gasteiger partial charge >= 0.3 is 0 Å². The van der Waals surface area contributed by atoms with Crippen LogP contribution in [0.3, 0.4) is 0 Å². The van der Waals surface area contributed by atoms with E-state index in [2.05, 4.69) is 15.0 Å². The second-order valence-electron chi connectivity index (χ2n) is 4.63. The lowest BCUT2D eigenvalue weighted by Crippen LogP contribution is -2.14. The highest BCUT2D eigenvalue weighted by molar-refractivity contribution is 14.1. The Labute approximate surface area is 135 Å². The first-order chi connectivity index (χ1) is 10.1. The van der Waals surface area contributed by atoms with Crippen molar-refractivity contribution in [3.8, 4) is 22.6 Å². The number of nitrogens with zero attached hydrogens (tertiary/aromatic N) is 2. The SMILES string of the molecule is Cc1ccc(-c2nc(-c3ccccc3)c(I)c(=O)[nH]2)cn1. The van der Waals surface area contributed by atoms with Crippen molar-refractivity contribution in [1.82, 2.24) is 15.0 Å². The molecule has 2 aromatic heterocycles. The smallest absolute Gasteiger partial charge is 0.265 e. The normalized spacial score (nSPS) is 10.6. The maximum atomic E-state index is 12.2. The van der Waals surface area contributed by atoms with Gasteiger partial charge in [0.05, 0.1) is 5.69 Å². The molecule has 1 N–H and O–H groups in total. The minimum absolute atomic E-state index is 0.139. The number of halogens is 1. The Bertz CT molecular complexity index is 826. The van der Waals surface area contributed by atoms with Crippen molar-refractivity contribution in [2.45, 2.75) is 6.92 Å². The van der Waals surface area contributed by atoms with Crippen molar-refractivity contribution in [2.75, 3.05) is 0 Å². The summed E-state index contributed by atoms with van der Waals surface area (Å²) in [5.74, 6) is 0.534. The lowest BCUT2D eigenvalue weighted by Gasteiger charge is -2.07. The van der Waals surface area contributed by atoms with Gasteiger partial charge < -0.3 is 4.98 Å². The molecule has 0 unspecified atom stereocenters. The van der Waals surface area contributed by atoms with Gasteiger partial charge in [-0.25, -0.2) is 4.98 Å². The number of benzene rings is 1. The van der Waals surface area contributed by atoms with E-state index < -0.39 is 0 Å². The van der Waals surface area contributed by atoms with Crippen LogP contribution in [-0.2, 0) is 0 Å². The van der Waals surface area contributed by atoms with Crippen LogP contribution in [0.1, 0.15) is 5.69 Å². The molecule has 2 heterocycles. The van der Waals surface area contributed by atoms with E-state index in [9.17, 15) is 4.79 Å². The first-order valence-electron chi connectivity index (χ1n) is 6.43. The summed E-state index contributed by atoms with van der Waals surface area (Å²) in [5.41, 5.74) is 3.20. The third kappa shape index (κ3) is 2.87. The van der Waals surface area contributed by atoms with E-state index in [1.54, 1.807) is 6.20 Å². The molecular weight excluding hydrogens is 377 g/mol. The highest BCUT2D eigenvalue weighted by atomic mass is 127. The lowest BCUT2D eigenvalue weighted by molar-refractivity contribution is 1.10. The number of pyridine rings is 1. The van der Waals surface area contributed by atoms with Gasteiger partial charge in [-0.1, -0.05) is 30.3 Å². The Hall–Kier alpha value is -2.02. The van der Waals surface area contributed by atoms with Crippen molar-refractivity contribution in [3.05, 3.63) is 68.3 Å². The first-order valence-corrected chi connectivity index (χ1v) is 7.51. The van der Waals surface area contributed by atoms with Crippen molar-refractivity contribution in [3.63, 3.8) is 0 Å². The van der Waals surface area contributed by atoms with E-state index in [-0.39, 0.29) is 5.56 Å². The molecule has 0 saturated heterocycles. The van der Waals surface area contributed by atoms with Crippen molar-refractivity contribution in [1.29, 1.82) is 0 Å². The Balaban J connectivity index is 2.19. The third-order valence-corrected chi connectivity index (χ3v) is 4.10. The van der Waals surface area contributed by atoms with Gasteiger partial charge in [-0.15, -0.1) is 0 Å². The molecule has 4 nitrogen and oxygen atoms in total. The molecule has 0 amide bonds. The number of hydrogen-bond acceptors (Lipinski definition) is 3. The summed E-state index contributed by atoms with van der Waals surface area (Å²) in [6, 6.07) is 13.5. The van der Waals surface area contributed by atoms with Crippen molar-refractivity contribution >= 4 is 22.6 Å². The molecule has 104 valence electrons. The standard InChI is InChI=1S/C16H12IN3O/c1-10-7-8-12(9-18-10)15-19-14(13(17)16(21)20-15)11-5-3-2-4-6-11/h2-9H,1H3,(H,19,20,21). The van der Waals surface area contributed by atoms with Gasteiger partial charge in [-0.05, 0) is 41.6 Å². The molecule has 0 fully saturated rings. The fourth-order valence-electron chi connectivity index (χ4n) is 1.99. The molecule has 0 aliphatic rings. The van der Waals surface area contributed by atoms with Gasteiger partial charge in [-0.2, -0.15) is 0 Å². The molecule has 0 saturated carbocycles. The fraction of sp³-hybridized carbons (Fsp3) is 0.0625. The lowest BCUT2D eigenvalue weighted by atomic mass is 10.1. The van der Waals surface area contributed by atoms with Gasteiger partial charge in [0.1, 0.15) is 9.39 Å². The topological polar surface area (TPSA) is 58.6 Å². The molecule has 21 heavy (non-hydrogen) atoms. The zero-order chi connectivity index (χ0) is 14.8. The van der Waals surface area contributed by atoms with Crippen LogP contribution in [0.4, 0.5) is 0 Å². The van der Waals surface area contributed by atoms with E-state index in [1.165, 1.54) is 0 Å². The largest absolute Gasteiger partial charge is 0.306 e. The summed E-state index contributed by atoms with van der Waals surface area (Å²) in [5, 5.41) is 0. The molecule has 0 spiro atoms. The number of hydrogen-bond donors (Lipinski definition) is 1. The average Bonchev–Trinajstić information content (AvgIpc) is 2.51. The molecule has 5 heteroatoms. The summed E-state index contributed by atoms with van der Waals surface area (Å²) in [6.45, 7) is 1.92. The summed E-state index contributed by atoms with van der Waals surface area (Å²) < 4.78 is 0.586. The van der Waals surface area contributed by atoms with Crippen LogP contribution >= 0.6 is 22.6 Å². The maximum Gasteiger partial charge on any atom is 0.265 e. The molecule has 3 rings (SSSR count). The predicted molar refractivity (Wildman–Crippen MR) is 91.0 cm³/mol. The number of aromatic amines is 1. The molecule has 0 atom stereocenters. The van der Waals surface area contributed by atoms with Crippen LogP contribution in [0.5, 0.6) is 0 Å². The van der Waals surface area contributed by atoms with Gasteiger partial charge in [0.25, 0.3) is 5.56 Å². The quantitative estimate of drug-likeness (QED) is 0.684. The van der Waals surface area contributed by atoms with E-state index in [4.69, 9.17) is 0 Å². The summed E-state index contributed by atoms with van der Waals surface area (Å²) in [4.78, 5) is 23.8. The minimum atomic E-state index is -0.139. The number of nitrogens with one attached hydrogen (secondary N) is 1. The van der Waals surface area contributed by atoms with Crippen LogP contribution in [0.25, 0.3) is 22.6 Å². The van der Waals surface area contributed by atoms with E-state index in [0.29, 0.717) is 15.1 Å². The molecule has 0 radical (unpaired) electrons. The zero-order valence-corrected chi connectivity index (χ0v) is 13.5. The highest BCUT2D eigenvalue weighted by Gasteiger charge is 2.12. The fourth-order valence-corrected chi connectivity index (χ4v) is 2.56.